The zero-order valence-electron chi connectivity index (χ0n) is 16.8. The number of hydrazone groups is 1. The van der Waals surface area contributed by atoms with Crippen LogP contribution in [0, 0.1) is 11.6 Å². The number of hydrogen-bond donors (Lipinski definition) is 2. The summed E-state index contributed by atoms with van der Waals surface area (Å²) in [7, 11) is 0. The first-order valence-corrected chi connectivity index (χ1v) is 10.0. The third-order valence-corrected chi connectivity index (χ3v) is 5.17. The number of aromatic nitrogens is 4. The smallest absolute Gasteiger partial charge is 0.276 e. The number of carbonyl (C=O) groups excluding carboxylic acids is 2. The number of benzene rings is 2. The summed E-state index contributed by atoms with van der Waals surface area (Å²) in [5.41, 5.74) is 0.767. The maximum atomic E-state index is 14.0. The highest BCUT2D eigenvalue weighted by atomic mass is 35.5. The quantitative estimate of drug-likeness (QED) is 0.557. The van der Waals surface area contributed by atoms with Crippen LogP contribution in [0.4, 0.5) is 8.78 Å². The van der Waals surface area contributed by atoms with Crippen LogP contribution in [-0.4, -0.2) is 54.4 Å². The number of amides is 2. The number of carbonyl (C=O) groups is 2. The number of tetrazole rings is 1. The predicted octanol–water partition coefficient (Wildman–Crippen LogP) is 1.53. The highest BCUT2D eigenvalue weighted by molar-refractivity contribution is 6.30. The molecule has 0 aliphatic carbocycles. The number of nitrogens with one attached hydrogen (secondary N) is 1. The number of nitrogens with zero attached hydrogens (tertiary/aromatic N) is 6. The van der Waals surface area contributed by atoms with Gasteiger partial charge in [-0.2, -0.15) is 5.10 Å². The van der Waals surface area contributed by atoms with E-state index in [1.165, 1.54) is 17.2 Å². The molecule has 2 aromatic carbocycles. The molecule has 0 saturated heterocycles. The summed E-state index contributed by atoms with van der Waals surface area (Å²) in [5, 5.41) is 29.0. The second kappa shape index (κ2) is 9.38. The lowest BCUT2D eigenvalue weighted by Gasteiger charge is -2.24. The lowest BCUT2D eigenvalue weighted by molar-refractivity contribution is -0.146. The van der Waals surface area contributed by atoms with Crippen molar-refractivity contribution in [3.8, 4) is 5.69 Å². The van der Waals surface area contributed by atoms with Crippen molar-refractivity contribution in [2.75, 3.05) is 0 Å². The van der Waals surface area contributed by atoms with E-state index in [1.807, 2.05) is 0 Å². The van der Waals surface area contributed by atoms with Crippen molar-refractivity contribution in [1.29, 1.82) is 0 Å². The molecule has 10 nitrogen and oxygen atoms in total. The number of rotatable bonds is 6. The maximum Gasteiger partial charge on any atom is 0.276 e. The van der Waals surface area contributed by atoms with Gasteiger partial charge in [0, 0.05) is 35.8 Å². The zero-order valence-corrected chi connectivity index (χ0v) is 17.5. The van der Waals surface area contributed by atoms with Gasteiger partial charge >= 0.3 is 0 Å². The van der Waals surface area contributed by atoms with Crippen molar-refractivity contribution in [2.45, 2.75) is 25.1 Å². The van der Waals surface area contributed by atoms with Gasteiger partial charge in [-0.15, -0.1) is 5.10 Å². The second-order valence-electron chi connectivity index (χ2n) is 7.05. The molecule has 33 heavy (non-hydrogen) atoms. The highest BCUT2D eigenvalue weighted by Gasteiger charge is 2.37. The Morgan fingerprint density at radius 2 is 2.06 bits per heavy atom. The molecule has 0 fully saturated rings. The fourth-order valence-electron chi connectivity index (χ4n) is 3.32. The van der Waals surface area contributed by atoms with E-state index in [1.54, 1.807) is 18.2 Å². The summed E-state index contributed by atoms with van der Waals surface area (Å²) in [4.78, 5) is 25.5. The Bertz CT molecular complexity index is 1220. The van der Waals surface area contributed by atoms with Crippen LogP contribution in [0.15, 0.2) is 47.8 Å². The molecule has 2 amide bonds. The van der Waals surface area contributed by atoms with Gasteiger partial charge in [0.2, 0.25) is 5.91 Å². The molecule has 1 aliphatic heterocycles. The predicted molar refractivity (Wildman–Crippen MR) is 111 cm³/mol. The van der Waals surface area contributed by atoms with Crippen LogP contribution in [0.5, 0.6) is 0 Å². The molecular weight excluding hydrogens is 460 g/mol. The Hall–Kier alpha value is -3.77. The third kappa shape index (κ3) is 4.71. The van der Waals surface area contributed by atoms with E-state index in [2.05, 4.69) is 25.9 Å². The topological polar surface area (TPSA) is 126 Å². The largest absolute Gasteiger partial charge is 0.378 e. The van der Waals surface area contributed by atoms with Crippen LogP contribution in [0.1, 0.15) is 23.7 Å². The molecule has 2 heterocycles. The molecule has 1 aliphatic rings. The number of hydrogen-bond acceptors (Lipinski definition) is 7. The van der Waals surface area contributed by atoms with Gasteiger partial charge in [0.15, 0.2) is 6.10 Å². The Kier molecular flexibility index (Phi) is 6.38. The maximum absolute atomic E-state index is 14.0. The van der Waals surface area contributed by atoms with E-state index in [4.69, 9.17) is 11.6 Å². The van der Waals surface area contributed by atoms with Gasteiger partial charge < -0.3 is 10.4 Å². The normalized spacial score (nSPS) is 16.1. The van der Waals surface area contributed by atoms with Crippen LogP contribution < -0.4 is 5.32 Å². The first-order valence-electron chi connectivity index (χ1n) is 9.63. The first-order chi connectivity index (χ1) is 15.8. The summed E-state index contributed by atoms with van der Waals surface area (Å²) >= 11 is 6.07. The molecule has 3 aromatic rings. The summed E-state index contributed by atoms with van der Waals surface area (Å²) in [6.45, 7) is 0.0300. The van der Waals surface area contributed by atoms with Crippen molar-refractivity contribution in [2.24, 2.45) is 5.10 Å². The van der Waals surface area contributed by atoms with Crippen LogP contribution in [0.2, 0.25) is 5.02 Å². The summed E-state index contributed by atoms with van der Waals surface area (Å²) in [6, 6.07) is 6.32. The Morgan fingerprint density at radius 3 is 2.79 bits per heavy atom. The Balaban J connectivity index is 1.47. The standard InChI is InChI=1S/C20H16ClF2N7O3/c21-12-1-4-16(29-10-25-27-28-29)11(7-12)9-24-19(32)17-5-6-26-30(17)20(33)18(31)14-3-2-13(22)8-15(14)23/h1-4,6-8,10,17-18,31H,5,9H2,(H,24,32)/t17-,18?/m0/s1. The van der Waals surface area contributed by atoms with E-state index < -0.39 is 41.2 Å². The monoisotopic (exact) mass is 475 g/mol. The van der Waals surface area contributed by atoms with Crippen LogP contribution in [0.25, 0.3) is 5.69 Å². The third-order valence-electron chi connectivity index (χ3n) is 4.94. The van der Waals surface area contributed by atoms with Gasteiger partial charge in [0.05, 0.1) is 5.69 Å². The van der Waals surface area contributed by atoms with Gasteiger partial charge in [0.25, 0.3) is 5.91 Å². The number of halogens is 3. The van der Waals surface area contributed by atoms with Gasteiger partial charge in [-0.25, -0.2) is 18.5 Å². The molecule has 0 spiro atoms. The highest BCUT2D eigenvalue weighted by Crippen LogP contribution is 2.24. The average Bonchev–Trinajstić information content (AvgIpc) is 3.49. The molecule has 1 aromatic heterocycles. The molecule has 1 unspecified atom stereocenters. The van der Waals surface area contributed by atoms with E-state index >= 15 is 0 Å². The van der Waals surface area contributed by atoms with Gasteiger partial charge in [-0.05, 0) is 40.3 Å². The fraction of sp³-hybridized carbons (Fsp3) is 0.200. The van der Waals surface area contributed by atoms with E-state index in [-0.39, 0.29) is 13.0 Å². The number of aliphatic hydroxyl groups is 1. The van der Waals surface area contributed by atoms with Gasteiger partial charge in [-0.1, -0.05) is 17.7 Å². The van der Waals surface area contributed by atoms with E-state index in [9.17, 15) is 23.5 Å². The molecule has 13 heteroatoms. The molecule has 0 bridgehead atoms. The Morgan fingerprint density at radius 1 is 1.24 bits per heavy atom. The van der Waals surface area contributed by atoms with Crippen molar-refractivity contribution >= 4 is 29.6 Å². The SMILES string of the molecule is O=C(NCc1cc(Cl)ccc1-n1cnnn1)[C@@H]1CC=NN1C(=O)C(O)c1ccc(F)cc1F. The van der Waals surface area contributed by atoms with E-state index in [0.717, 1.165) is 17.1 Å². The molecule has 4 rings (SSSR count). The average molecular weight is 476 g/mol. The summed E-state index contributed by atoms with van der Waals surface area (Å²) in [5.74, 6) is -3.52. The van der Waals surface area contributed by atoms with Crippen molar-refractivity contribution in [3.63, 3.8) is 0 Å². The minimum absolute atomic E-state index is 0.0300. The zero-order chi connectivity index (χ0) is 23.5. The van der Waals surface area contributed by atoms with E-state index in [0.29, 0.717) is 22.3 Å². The molecular formula is C20H16ClF2N7O3. The van der Waals surface area contributed by atoms with Gasteiger partial charge in [-0.3, -0.25) is 9.59 Å². The molecule has 2 atom stereocenters. The van der Waals surface area contributed by atoms with Gasteiger partial charge in [0.1, 0.15) is 24.0 Å². The van der Waals surface area contributed by atoms with Crippen LogP contribution >= 0.6 is 11.6 Å². The number of aliphatic hydroxyl groups excluding tert-OH is 1. The summed E-state index contributed by atoms with van der Waals surface area (Å²) < 4.78 is 28.5. The van der Waals surface area contributed by atoms with Crippen molar-refractivity contribution in [1.82, 2.24) is 30.5 Å². The van der Waals surface area contributed by atoms with Crippen LogP contribution in [0.3, 0.4) is 0 Å². The lowest BCUT2D eigenvalue weighted by Crippen LogP contribution is -2.46. The summed E-state index contributed by atoms with van der Waals surface area (Å²) in [6.07, 6.45) is 0.846. The lowest BCUT2D eigenvalue weighted by atomic mass is 10.1. The minimum atomic E-state index is -1.96. The van der Waals surface area contributed by atoms with Crippen LogP contribution in [-0.2, 0) is 16.1 Å². The first kappa shape index (κ1) is 22.4. The van der Waals surface area contributed by atoms with Crippen molar-refractivity contribution < 1.29 is 23.5 Å². The molecule has 0 radical (unpaired) electrons. The second-order valence-corrected chi connectivity index (χ2v) is 7.48. The molecule has 0 saturated carbocycles. The fourth-order valence-corrected chi connectivity index (χ4v) is 3.51. The molecule has 2 N–H and O–H groups in total. The Labute approximate surface area is 190 Å². The minimum Gasteiger partial charge on any atom is -0.378 e. The molecule has 170 valence electrons. The van der Waals surface area contributed by atoms with Crippen molar-refractivity contribution in [3.05, 3.63) is 70.5 Å².